The molecule has 5 nitrogen and oxygen atoms in total. The highest BCUT2D eigenvalue weighted by Crippen LogP contribution is 2.35. The first kappa shape index (κ1) is 20.4. The molecule has 0 aliphatic carbocycles. The quantitative estimate of drug-likeness (QED) is 0.608. The summed E-state index contributed by atoms with van der Waals surface area (Å²) in [6, 6.07) is 5.88. The van der Waals surface area contributed by atoms with Crippen LogP contribution in [0.2, 0.25) is 0 Å². The summed E-state index contributed by atoms with van der Waals surface area (Å²) in [5, 5.41) is 13.2. The van der Waals surface area contributed by atoms with E-state index in [1.54, 1.807) is 18.5 Å². The number of anilines is 2. The minimum absolute atomic E-state index is 0.217. The number of nitrogens with zero attached hydrogens (tertiary/aromatic N) is 4. The number of pyridine rings is 1. The van der Waals surface area contributed by atoms with Crippen LogP contribution < -0.4 is 10.2 Å². The molecule has 0 radical (unpaired) electrons. The molecule has 3 aromatic rings. The lowest BCUT2D eigenvalue weighted by Gasteiger charge is -2.28. The van der Waals surface area contributed by atoms with Gasteiger partial charge in [-0.3, -0.25) is 0 Å². The van der Waals surface area contributed by atoms with E-state index in [2.05, 4.69) is 25.4 Å². The summed E-state index contributed by atoms with van der Waals surface area (Å²) in [4.78, 5) is 6.82. The van der Waals surface area contributed by atoms with Gasteiger partial charge in [-0.2, -0.15) is 18.3 Å². The minimum Gasteiger partial charge on any atom is -0.362 e. The highest BCUT2D eigenvalue weighted by Gasteiger charge is 2.33. The van der Waals surface area contributed by atoms with E-state index in [0.29, 0.717) is 11.4 Å². The predicted octanol–water partition coefficient (Wildman–Crippen LogP) is 5.52. The molecule has 1 saturated heterocycles. The number of halogens is 3. The Morgan fingerprint density at radius 1 is 1.10 bits per heavy atom. The molecule has 158 valence electrons. The topological polar surface area (TPSA) is 53.9 Å². The second kappa shape index (κ2) is 8.08. The number of aromatic nitrogens is 3. The van der Waals surface area contributed by atoms with Crippen molar-refractivity contribution in [3.8, 4) is 0 Å². The molecule has 1 N–H and O–H groups in total. The van der Waals surface area contributed by atoms with Crippen molar-refractivity contribution >= 4 is 22.4 Å². The number of fused-ring (bicyclic) bond motifs is 1. The van der Waals surface area contributed by atoms with Crippen molar-refractivity contribution < 1.29 is 13.2 Å². The maximum Gasteiger partial charge on any atom is 0.416 e. The first-order chi connectivity index (χ1) is 14.3. The molecule has 8 heteroatoms. The van der Waals surface area contributed by atoms with Crippen LogP contribution in [-0.4, -0.2) is 28.3 Å². The summed E-state index contributed by atoms with van der Waals surface area (Å²) < 4.78 is 39.9. The van der Waals surface area contributed by atoms with Crippen LogP contribution in [0.25, 0.3) is 10.8 Å². The summed E-state index contributed by atoms with van der Waals surface area (Å²) in [6.45, 7) is 5.28. The minimum atomic E-state index is -4.38. The van der Waals surface area contributed by atoms with Gasteiger partial charge < -0.3 is 10.2 Å². The van der Waals surface area contributed by atoms with E-state index in [9.17, 15) is 13.2 Å². The lowest BCUT2D eigenvalue weighted by atomic mass is 9.97. The molecule has 0 unspecified atom stereocenters. The Morgan fingerprint density at radius 3 is 2.60 bits per heavy atom. The van der Waals surface area contributed by atoms with Crippen LogP contribution in [0.3, 0.4) is 0 Å². The first-order valence-corrected chi connectivity index (χ1v) is 10.1. The number of hydrogen-bond acceptors (Lipinski definition) is 5. The SMILES string of the molecule is Cc1c([C@@H](C)Nc2nncc3cnc(N4CCCCC4)cc23)cccc1C(F)(F)F. The zero-order valence-electron chi connectivity index (χ0n) is 17.0. The van der Waals surface area contributed by atoms with E-state index in [1.165, 1.54) is 19.4 Å². The van der Waals surface area contributed by atoms with Gasteiger partial charge in [0.2, 0.25) is 0 Å². The van der Waals surface area contributed by atoms with Crippen molar-refractivity contribution in [2.45, 2.75) is 45.3 Å². The fourth-order valence-electron chi connectivity index (χ4n) is 4.08. The molecule has 1 atom stereocenters. The highest BCUT2D eigenvalue weighted by molar-refractivity contribution is 5.92. The largest absolute Gasteiger partial charge is 0.416 e. The molecule has 1 aromatic carbocycles. The Balaban J connectivity index is 1.67. The highest BCUT2D eigenvalue weighted by atomic mass is 19.4. The zero-order chi connectivity index (χ0) is 21.3. The van der Waals surface area contributed by atoms with Crippen LogP contribution in [-0.2, 0) is 6.18 Å². The second-order valence-electron chi connectivity index (χ2n) is 7.75. The Kier molecular flexibility index (Phi) is 5.49. The molecule has 0 spiro atoms. The molecule has 0 saturated carbocycles. The van der Waals surface area contributed by atoms with E-state index in [4.69, 9.17) is 0 Å². The van der Waals surface area contributed by atoms with E-state index in [0.717, 1.165) is 48.6 Å². The Bertz CT molecular complexity index is 1040. The van der Waals surface area contributed by atoms with Crippen LogP contribution in [0.15, 0.2) is 36.7 Å². The standard InChI is InChI=1S/C22H24F3N5/c1-14-17(7-6-8-19(14)22(23,24)25)15(2)28-21-18-11-20(30-9-4-3-5-10-30)26-12-16(18)13-27-29-21/h6-8,11-13,15H,3-5,9-10H2,1-2H3,(H,28,29)/t15-/m1/s1. The average molecular weight is 415 g/mol. The fraction of sp³-hybridized carbons (Fsp3) is 0.409. The van der Waals surface area contributed by atoms with Crippen LogP contribution in [0, 0.1) is 6.92 Å². The Hall–Kier alpha value is -2.90. The van der Waals surface area contributed by atoms with Gasteiger partial charge in [0.1, 0.15) is 5.82 Å². The maximum absolute atomic E-state index is 13.3. The molecule has 3 heterocycles. The van der Waals surface area contributed by atoms with Crippen molar-refractivity contribution in [3.63, 3.8) is 0 Å². The summed E-state index contributed by atoms with van der Waals surface area (Å²) >= 11 is 0. The fourth-order valence-corrected chi connectivity index (χ4v) is 4.08. The van der Waals surface area contributed by atoms with Crippen LogP contribution in [0.4, 0.5) is 24.8 Å². The molecule has 0 amide bonds. The number of alkyl halides is 3. The number of nitrogens with one attached hydrogen (secondary N) is 1. The molecule has 4 rings (SSSR count). The molecular weight excluding hydrogens is 391 g/mol. The van der Waals surface area contributed by atoms with Gasteiger partial charge in [-0.25, -0.2) is 4.98 Å². The van der Waals surface area contributed by atoms with Crippen molar-refractivity contribution in [1.29, 1.82) is 0 Å². The van der Waals surface area contributed by atoms with E-state index in [1.807, 2.05) is 13.0 Å². The van der Waals surface area contributed by atoms with Crippen LogP contribution >= 0.6 is 0 Å². The van der Waals surface area contributed by atoms with Gasteiger partial charge in [-0.05, 0) is 56.4 Å². The number of rotatable bonds is 4. The molecule has 30 heavy (non-hydrogen) atoms. The predicted molar refractivity (Wildman–Crippen MR) is 112 cm³/mol. The average Bonchev–Trinajstić information content (AvgIpc) is 2.73. The number of hydrogen-bond donors (Lipinski definition) is 1. The zero-order valence-corrected chi connectivity index (χ0v) is 17.0. The number of benzene rings is 1. The molecule has 1 aliphatic rings. The van der Waals surface area contributed by atoms with Gasteiger partial charge in [-0.15, -0.1) is 5.10 Å². The molecule has 1 aliphatic heterocycles. The lowest BCUT2D eigenvalue weighted by Crippen LogP contribution is -2.30. The van der Waals surface area contributed by atoms with Gasteiger partial charge in [0.25, 0.3) is 0 Å². The first-order valence-electron chi connectivity index (χ1n) is 10.1. The van der Waals surface area contributed by atoms with Gasteiger partial charge >= 0.3 is 6.18 Å². The third-order valence-corrected chi connectivity index (χ3v) is 5.71. The van der Waals surface area contributed by atoms with E-state index >= 15 is 0 Å². The Labute approximate surface area is 173 Å². The maximum atomic E-state index is 13.3. The third-order valence-electron chi connectivity index (χ3n) is 5.71. The number of piperidine rings is 1. The second-order valence-corrected chi connectivity index (χ2v) is 7.75. The smallest absolute Gasteiger partial charge is 0.362 e. The third kappa shape index (κ3) is 4.04. The van der Waals surface area contributed by atoms with Gasteiger partial charge in [0, 0.05) is 30.1 Å². The van der Waals surface area contributed by atoms with E-state index < -0.39 is 11.7 Å². The molecule has 0 bridgehead atoms. The summed E-state index contributed by atoms with van der Waals surface area (Å²) in [6.07, 6.45) is 2.56. The van der Waals surface area contributed by atoms with Gasteiger partial charge in [-0.1, -0.05) is 12.1 Å². The van der Waals surface area contributed by atoms with Gasteiger partial charge in [0.15, 0.2) is 5.82 Å². The van der Waals surface area contributed by atoms with Crippen molar-refractivity contribution in [2.75, 3.05) is 23.3 Å². The molecule has 1 fully saturated rings. The molecular formula is C22H24F3N5. The van der Waals surface area contributed by atoms with Crippen LogP contribution in [0.5, 0.6) is 0 Å². The Morgan fingerprint density at radius 2 is 1.87 bits per heavy atom. The van der Waals surface area contributed by atoms with Crippen LogP contribution in [0.1, 0.15) is 48.9 Å². The van der Waals surface area contributed by atoms with Crippen molar-refractivity contribution in [2.24, 2.45) is 0 Å². The van der Waals surface area contributed by atoms with Crippen molar-refractivity contribution in [1.82, 2.24) is 15.2 Å². The monoisotopic (exact) mass is 415 g/mol. The summed E-state index contributed by atoms with van der Waals surface area (Å²) in [7, 11) is 0. The summed E-state index contributed by atoms with van der Waals surface area (Å²) in [5.74, 6) is 1.43. The normalized spacial score (nSPS) is 16.0. The van der Waals surface area contributed by atoms with Crippen molar-refractivity contribution in [3.05, 3.63) is 53.3 Å². The van der Waals surface area contributed by atoms with Gasteiger partial charge in [0.05, 0.1) is 17.8 Å². The lowest BCUT2D eigenvalue weighted by molar-refractivity contribution is -0.138. The summed E-state index contributed by atoms with van der Waals surface area (Å²) in [5.41, 5.74) is 0.178. The van der Waals surface area contributed by atoms with E-state index in [-0.39, 0.29) is 11.6 Å². The molecule has 2 aromatic heterocycles.